The van der Waals surface area contributed by atoms with Crippen molar-refractivity contribution in [2.24, 2.45) is 5.92 Å². The van der Waals surface area contributed by atoms with Crippen LogP contribution in [0, 0.1) is 5.92 Å². The predicted octanol–water partition coefficient (Wildman–Crippen LogP) is 1.56. The van der Waals surface area contributed by atoms with Crippen LogP contribution in [0.5, 0.6) is 5.75 Å². The molecule has 1 aliphatic carbocycles. The molecule has 0 amide bonds. The van der Waals surface area contributed by atoms with Gasteiger partial charge in [-0.15, -0.1) is 0 Å². The van der Waals surface area contributed by atoms with E-state index in [9.17, 15) is 23.7 Å². The number of benzene rings is 1. The van der Waals surface area contributed by atoms with Crippen LogP contribution in [0.15, 0.2) is 47.0 Å². The minimum atomic E-state index is -3.25. The zero-order chi connectivity index (χ0) is 27.3. The summed E-state index contributed by atoms with van der Waals surface area (Å²) >= 11 is 6.55. The van der Waals surface area contributed by atoms with Gasteiger partial charge >= 0.3 is 0 Å². The molecule has 2 fully saturated rings. The molecule has 2 saturated heterocycles. The van der Waals surface area contributed by atoms with Crippen LogP contribution in [0.1, 0.15) is 31.2 Å². The van der Waals surface area contributed by atoms with Crippen molar-refractivity contribution in [3.63, 3.8) is 0 Å². The van der Waals surface area contributed by atoms with Crippen molar-refractivity contribution in [2.75, 3.05) is 39.0 Å². The van der Waals surface area contributed by atoms with Gasteiger partial charge in [-0.25, -0.2) is 13.1 Å². The third kappa shape index (κ3) is 8.02. The second-order valence-electron chi connectivity index (χ2n) is 10.5. The van der Waals surface area contributed by atoms with Gasteiger partial charge in [-0.3, -0.25) is 0 Å². The van der Waals surface area contributed by atoms with Gasteiger partial charge in [0, 0.05) is 24.0 Å². The highest BCUT2D eigenvalue weighted by molar-refractivity contribution is 7.88. The second-order valence-corrected chi connectivity index (χ2v) is 12.7. The average molecular weight is 571 g/mol. The van der Waals surface area contributed by atoms with Gasteiger partial charge in [0.2, 0.25) is 10.0 Å². The number of rotatable bonds is 10. The molecule has 212 valence electrons. The molecule has 0 radical (unpaired) electrons. The first-order valence-corrected chi connectivity index (χ1v) is 15.5. The van der Waals surface area contributed by atoms with Crippen LogP contribution in [-0.4, -0.2) is 98.2 Å². The Hall–Kier alpha value is -1.50. The van der Waals surface area contributed by atoms with Crippen molar-refractivity contribution in [3.05, 3.63) is 52.6 Å². The number of piperidine rings is 1. The molecular weight excluding hydrogens is 532 g/mol. The van der Waals surface area contributed by atoms with Crippen LogP contribution in [-0.2, 0) is 21.2 Å². The molecule has 1 aromatic carbocycles. The molecule has 6 atom stereocenters. The van der Waals surface area contributed by atoms with Crippen molar-refractivity contribution >= 4 is 21.6 Å². The number of ether oxygens (including phenoxy) is 2. The lowest BCUT2D eigenvalue weighted by Gasteiger charge is -2.45. The summed E-state index contributed by atoms with van der Waals surface area (Å²) in [4.78, 5) is 2.26. The van der Waals surface area contributed by atoms with Crippen molar-refractivity contribution in [1.82, 2.24) is 9.62 Å². The summed E-state index contributed by atoms with van der Waals surface area (Å²) in [6.07, 6.45) is 4.59. The normalized spacial score (nSPS) is 31.0. The molecule has 1 aromatic rings. The molecule has 4 rings (SSSR count). The van der Waals surface area contributed by atoms with Gasteiger partial charge in [-0.2, -0.15) is 0 Å². The summed E-state index contributed by atoms with van der Waals surface area (Å²) in [6, 6.07) is 7.53. The Labute approximate surface area is 230 Å². The lowest BCUT2D eigenvalue weighted by atomic mass is 9.81. The van der Waals surface area contributed by atoms with E-state index in [-0.39, 0.29) is 19.1 Å². The SMILES string of the molecule is CS(=O)(=O)NCCOc1ccc(CC2=C(Cl)C=CC(C3OC(CN4CCCCC4)C(O)C(O)C3O)C2)cc1. The van der Waals surface area contributed by atoms with Crippen molar-refractivity contribution in [3.8, 4) is 5.75 Å². The third-order valence-electron chi connectivity index (χ3n) is 7.44. The first-order chi connectivity index (χ1) is 18.1. The number of hydrogen-bond donors (Lipinski definition) is 4. The van der Waals surface area contributed by atoms with E-state index in [0.29, 0.717) is 30.2 Å². The number of aliphatic hydroxyl groups excluding tert-OH is 3. The molecule has 2 aliphatic heterocycles. The molecule has 0 bridgehead atoms. The topological polar surface area (TPSA) is 129 Å². The lowest BCUT2D eigenvalue weighted by molar-refractivity contribution is -0.234. The molecule has 2 heterocycles. The minimum absolute atomic E-state index is 0.191. The fourth-order valence-corrected chi connectivity index (χ4v) is 6.06. The summed E-state index contributed by atoms with van der Waals surface area (Å²) in [5.74, 6) is 0.440. The van der Waals surface area contributed by atoms with Gasteiger partial charge in [0.05, 0.1) is 18.5 Å². The van der Waals surface area contributed by atoms with Gasteiger partial charge < -0.3 is 29.7 Å². The van der Waals surface area contributed by atoms with Crippen LogP contribution >= 0.6 is 11.6 Å². The highest BCUT2D eigenvalue weighted by Crippen LogP contribution is 2.36. The smallest absolute Gasteiger partial charge is 0.208 e. The van der Waals surface area contributed by atoms with Gasteiger partial charge in [-0.05, 0) is 68.1 Å². The molecule has 0 spiro atoms. The monoisotopic (exact) mass is 570 g/mol. The number of allylic oxidation sites excluding steroid dienone is 3. The maximum absolute atomic E-state index is 11.1. The quantitative estimate of drug-likeness (QED) is 0.312. The number of nitrogens with one attached hydrogen (secondary N) is 1. The highest BCUT2D eigenvalue weighted by atomic mass is 35.5. The molecule has 4 N–H and O–H groups in total. The molecule has 0 saturated carbocycles. The summed E-state index contributed by atoms with van der Waals surface area (Å²) in [5, 5.41) is 32.7. The average Bonchev–Trinajstić information content (AvgIpc) is 2.89. The van der Waals surface area contributed by atoms with E-state index in [1.165, 1.54) is 6.42 Å². The van der Waals surface area contributed by atoms with Crippen LogP contribution in [0.4, 0.5) is 0 Å². The second kappa shape index (κ2) is 13.2. The predicted molar refractivity (Wildman–Crippen MR) is 146 cm³/mol. The first kappa shape index (κ1) is 29.5. The number of aliphatic hydroxyl groups is 3. The van der Waals surface area contributed by atoms with E-state index in [1.54, 1.807) is 0 Å². The Kier molecular flexibility index (Phi) is 10.3. The number of sulfonamides is 1. The summed E-state index contributed by atoms with van der Waals surface area (Å²) in [6.45, 7) is 2.83. The van der Waals surface area contributed by atoms with Gasteiger partial charge in [0.25, 0.3) is 0 Å². The van der Waals surface area contributed by atoms with E-state index in [1.807, 2.05) is 36.4 Å². The Balaban J connectivity index is 1.35. The first-order valence-electron chi connectivity index (χ1n) is 13.2. The Morgan fingerprint density at radius 1 is 1.08 bits per heavy atom. The number of likely N-dealkylation sites (tertiary alicyclic amines) is 1. The van der Waals surface area contributed by atoms with E-state index in [0.717, 1.165) is 43.3 Å². The Bertz CT molecular complexity index is 1090. The van der Waals surface area contributed by atoms with Crippen LogP contribution in [0.25, 0.3) is 0 Å². The van der Waals surface area contributed by atoms with E-state index in [4.69, 9.17) is 21.1 Å². The zero-order valence-electron chi connectivity index (χ0n) is 21.7. The summed E-state index contributed by atoms with van der Waals surface area (Å²) in [7, 11) is -3.25. The summed E-state index contributed by atoms with van der Waals surface area (Å²) < 4.78 is 36.5. The minimum Gasteiger partial charge on any atom is -0.492 e. The molecule has 6 unspecified atom stereocenters. The number of halogens is 1. The standard InChI is InChI=1S/C27H39ClN2O7S/c1-38(34,35)29-11-14-36-21-8-5-18(6-9-21)15-20-16-19(7-10-22(20)28)27-26(33)25(32)24(31)23(37-27)17-30-12-3-2-4-13-30/h5-10,19,23-27,29,31-33H,2-4,11-17H2,1H3. The molecule has 3 aliphatic rings. The molecular formula is C27H39ClN2O7S. The molecule has 0 aromatic heterocycles. The maximum atomic E-state index is 11.1. The Morgan fingerprint density at radius 2 is 1.79 bits per heavy atom. The van der Waals surface area contributed by atoms with Gasteiger partial charge in [-0.1, -0.05) is 36.2 Å². The number of nitrogens with zero attached hydrogens (tertiary/aromatic N) is 1. The molecule has 9 nitrogen and oxygen atoms in total. The fourth-order valence-electron chi connectivity index (χ4n) is 5.38. The van der Waals surface area contributed by atoms with E-state index >= 15 is 0 Å². The maximum Gasteiger partial charge on any atom is 0.208 e. The zero-order valence-corrected chi connectivity index (χ0v) is 23.3. The third-order valence-corrected chi connectivity index (χ3v) is 8.57. The van der Waals surface area contributed by atoms with Crippen LogP contribution < -0.4 is 9.46 Å². The molecule has 38 heavy (non-hydrogen) atoms. The van der Waals surface area contributed by atoms with Crippen molar-refractivity contribution in [2.45, 2.75) is 62.6 Å². The fraction of sp³-hybridized carbons (Fsp3) is 0.630. The van der Waals surface area contributed by atoms with Gasteiger partial charge in [0.15, 0.2) is 0 Å². The van der Waals surface area contributed by atoms with Crippen molar-refractivity contribution < 1.29 is 33.2 Å². The van der Waals surface area contributed by atoms with Crippen LogP contribution in [0.2, 0.25) is 0 Å². The Morgan fingerprint density at radius 3 is 2.47 bits per heavy atom. The van der Waals surface area contributed by atoms with Crippen molar-refractivity contribution in [1.29, 1.82) is 0 Å². The molecule has 11 heteroatoms. The van der Waals surface area contributed by atoms with E-state index in [2.05, 4.69) is 9.62 Å². The van der Waals surface area contributed by atoms with E-state index < -0.39 is 40.5 Å². The van der Waals surface area contributed by atoms with Crippen LogP contribution in [0.3, 0.4) is 0 Å². The lowest BCUT2D eigenvalue weighted by Crippen LogP contribution is -2.61. The highest BCUT2D eigenvalue weighted by Gasteiger charge is 2.46. The van der Waals surface area contributed by atoms with Gasteiger partial charge in [0.1, 0.15) is 30.7 Å². The largest absolute Gasteiger partial charge is 0.492 e. The number of hydrogen-bond acceptors (Lipinski definition) is 8. The summed E-state index contributed by atoms with van der Waals surface area (Å²) in [5.41, 5.74) is 2.02.